The number of carbonyl (C=O) groups excluding carboxylic acids is 1. The van der Waals surface area contributed by atoms with Crippen molar-refractivity contribution in [1.82, 2.24) is 14.5 Å². The molecule has 1 fully saturated rings. The molecule has 3 aromatic carbocycles. The number of sulfonamides is 2. The summed E-state index contributed by atoms with van der Waals surface area (Å²) in [7, 11) is -9.99. The Bertz CT molecular complexity index is 1980. The van der Waals surface area contributed by atoms with Crippen LogP contribution in [0.2, 0.25) is 5.02 Å². The number of hydrogen-bond acceptors (Lipinski definition) is 6. The molecule has 0 radical (unpaired) electrons. The Labute approximate surface area is 269 Å². The molecular formula is C31H30ClF3N4O5S2. The molecule has 1 heterocycles. The van der Waals surface area contributed by atoms with Gasteiger partial charge in [0.05, 0.1) is 21.3 Å². The molecule has 15 heteroatoms. The van der Waals surface area contributed by atoms with Crippen LogP contribution in [0.25, 0.3) is 16.8 Å². The summed E-state index contributed by atoms with van der Waals surface area (Å²) in [6, 6.07) is 19.1. The Kier molecular flexibility index (Phi) is 9.52. The summed E-state index contributed by atoms with van der Waals surface area (Å²) in [5.74, 6) is -1.24. The average molecular weight is 695 g/mol. The predicted octanol–water partition coefficient (Wildman–Crippen LogP) is 6.60. The number of benzene rings is 3. The summed E-state index contributed by atoms with van der Waals surface area (Å²) < 4.78 is 96.5. The molecule has 244 valence electrons. The zero-order chi connectivity index (χ0) is 33.3. The van der Waals surface area contributed by atoms with Gasteiger partial charge < -0.3 is 0 Å². The monoisotopic (exact) mass is 694 g/mol. The second-order valence-electron chi connectivity index (χ2n) is 10.9. The highest BCUT2D eigenvalue weighted by Crippen LogP contribution is 2.35. The second kappa shape index (κ2) is 13.1. The Balaban J connectivity index is 1.54. The molecule has 1 aliphatic rings. The molecule has 0 spiro atoms. The van der Waals surface area contributed by atoms with Crippen molar-refractivity contribution in [3.05, 3.63) is 94.6 Å². The smallest absolute Gasteiger partial charge is 0.274 e. The van der Waals surface area contributed by atoms with Crippen LogP contribution in [0, 0.1) is 5.92 Å². The molecule has 9 nitrogen and oxygen atoms in total. The fourth-order valence-corrected chi connectivity index (χ4v) is 6.95. The van der Waals surface area contributed by atoms with Gasteiger partial charge >= 0.3 is 15.5 Å². The number of nitrogens with zero attached hydrogens (tertiary/aromatic N) is 2. The summed E-state index contributed by atoms with van der Waals surface area (Å²) in [4.78, 5) is 12.1. The van der Waals surface area contributed by atoms with Crippen LogP contribution >= 0.6 is 11.6 Å². The van der Waals surface area contributed by atoms with Crippen LogP contribution in [0.1, 0.15) is 49.4 Å². The summed E-state index contributed by atoms with van der Waals surface area (Å²) >= 11 is 6.36. The average Bonchev–Trinajstić information content (AvgIpc) is 3.81. The van der Waals surface area contributed by atoms with Crippen LogP contribution in [0.15, 0.2) is 77.7 Å². The Morgan fingerprint density at radius 1 is 0.978 bits per heavy atom. The van der Waals surface area contributed by atoms with E-state index in [1.165, 1.54) is 18.2 Å². The number of aryl methyl sites for hydroxylation is 1. The maximum absolute atomic E-state index is 13.6. The van der Waals surface area contributed by atoms with Gasteiger partial charge in [-0.3, -0.25) is 9.52 Å². The highest BCUT2D eigenvalue weighted by molar-refractivity contribution is 7.93. The Hall–Kier alpha value is -3.88. The number of anilines is 1. The van der Waals surface area contributed by atoms with Crippen molar-refractivity contribution in [2.75, 3.05) is 4.72 Å². The van der Waals surface area contributed by atoms with Gasteiger partial charge in [-0.05, 0) is 55.0 Å². The molecule has 0 atom stereocenters. The van der Waals surface area contributed by atoms with E-state index in [9.17, 15) is 34.8 Å². The standard InChI is InChI=1S/C31H30ClF3N4O5S2/c1-2-3-10-26-24(29(37-46(43,44)31(33,34)35)39(36-26)27-11-6-5-9-25(27)32)19-20-13-15-21(16-14-20)23-8-4-7-12-28(23)45(41,42)38-30(40)22-17-18-22/h4-9,11-16,22,37H,2-3,10,17-19H2,1H3,(H,38,40). The summed E-state index contributed by atoms with van der Waals surface area (Å²) in [5.41, 5.74) is -3.31. The maximum atomic E-state index is 13.6. The first-order chi connectivity index (χ1) is 21.7. The normalized spacial score (nSPS) is 13.8. The molecule has 0 unspecified atom stereocenters. The SMILES string of the molecule is CCCCc1nn(-c2ccccc2Cl)c(NS(=O)(=O)C(F)(F)F)c1Cc1ccc(-c2ccccc2S(=O)(=O)NC(=O)C2CC2)cc1. The second-order valence-corrected chi connectivity index (χ2v) is 14.6. The fraction of sp³-hybridized carbons (Fsp3) is 0.290. The van der Waals surface area contributed by atoms with E-state index in [1.54, 1.807) is 59.3 Å². The van der Waals surface area contributed by atoms with Crippen molar-refractivity contribution in [1.29, 1.82) is 0 Å². The number of halogens is 4. The van der Waals surface area contributed by atoms with Crippen molar-refractivity contribution >= 4 is 43.4 Å². The van der Waals surface area contributed by atoms with E-state index in [0.29, 0.717) is 48.1 Å². The summed E-state index contributed by atoms with van der Waals surface area (Å²) in [5, 5.41) is 4.67. The van der Waals surface area contributed by atoms with E-state index < -0.39 is 31.5 Å². The van der Waals surface area contributed by atoms with E-state index >= 15 is 0 Å². The van der Waals surface area contributed by atoms with Gasteiger partial charge in [0.1, 0.15) is 5.82 Å². The van der Waals surface area contributed by atoms with E-state index in [0.717, 1.165) is 11.1 Å². The fourth-order valence-electron chi connectivity index (χ4n) is 4.88. The van der Waals surface area contributed by atoms with E-state index in [1.807, 2.05) is 6.92 Å². The molecule has 1 aromatic heterocycles. The van der Waals surface area contributed by atoms with E-state index in [-0.39, 0.29) is 39.3 Å². The Morgan fingerprint density at radius 2 is 1.63 bits per heavy atom. The number of nitrogens with one attached hydrogen (secondary N) is 2. The van der Waals surface area contributed by atoms with Crippen LogP contribution in [0.3, 0.4) is 0 Å². The topological polar surface area (TPSA) is 127 Å². The molecule has 2 N–H and O–H groups in total. The first-order valence-corrected chi connectivity index (χ1v) is 17.8. The predicted molar refractivity (Wildman–Crippen MR) is 169 cm³/mol. The lowest BCUT2D eigenvalue weighted by atomic mass is 9.99. The number of unbranched alkanes of at least 4 members (excludes halogenated alkanes) is 1. The first kappa shape index (κ1) is 33.5. The van der Waals surface area contributed by atoms with Crippen LogP contribution in [-0.4, -0.2) is 38.0 Å². The summed E-state index contributed by atoms with van der Waals surface area (Å²) in [6.07, 6.45) is 3.03. The van der Waals surface area contributed by atoms with Gasteiger partial charge in [0, 0.05) is 23.5 Å². The third-order valence-electron chi connectivity index (χ3n) is 7.46. The van der Waals surface area contributed by atoms with Crippen molar-refractivity contribution in [2.45, 2.75) is 55.9 Å². The Morgan fingerprint density at radius 3 is 2.26 bits per heavy atom. The number of carbonyl (C=O) groups is 1. The molecular weight excluding hydrogens is 665 g/mol. The van der Waals surface area contributed by atoms with Crippen LogP contribution in [-0.2, 0) is 37.7 Å². The van der Waals surface area contributed by atoms with Gasteiger partial charge in [-0.1, -0.05) is 79.5 Å². The van der Waals surface area contributed by atoms with Crippen LogP contribution in [0.5, 0.6) is 0 Å². The zero-order valence-corrected chi connectivity index (χ0v) is 26.9. The van der Waals surface area contributed by atoms with E-state index in [4.69, 9.17) is 11.6 Å². The van der Waals surface area contributed by atoms with Crippen molar-refractivity contribution in [2.24, 2.45) is 5.92 Å². The molecule has 4 aromatic rings. The van der Waals surface area contributed by atoms with Gasteiger partial charge in [0.2, 0.25) is 5.91 Å². The lowest BCUT2D eigenvalue weighted by Crippen LogP contribution is -2.32. The third-order valence-corrected chi connectivity index (χ3v) is 10.3. The number of rotatable bonds is 12. The van der Waals surface area contributed by atoms with Gasteiger partial charge in [-0.2, -0.15) is 26.7 Å². The highest BCUT2D eigenvalue weighted by Gasteiger charge is 2.47. The minimum atomic E-state index is -5.83. The van der Waals surface area contributed by atoms with Gasteiger partial charge in [0.25, 0.3) is 10.0 Å². The van der Waals surface area contributed by atoms with Gasteiger partial charge in [0.15, 0.2) is 0 Å². The quantitative estimate of drug-likeness (QED) is 0.172. The van der Waals surface area contributed by atoms with Crippen molar-refractivity contribution in [3.63, 3.8) is 0 Å². The lowest BCUT2D eigenvalue weighted by molar-refractivity contribution is -0.120. The van der Waals surface area contributed by atoms with Crippen molar-refractivity contribution < 1.29 is 34.8 Å². The van der Waals surface area contributed by atoms with Crippen molar-refractivity contribution in [3.8, 4) is 16.8 Å². The number of aromatic nitrogens is 2. The third kappa shape index (κ3) is 7.24. The molecule has 1 saturated carbocycles. The number of alkyl halides is 3. The zero-order valence-electron chi connectivity index (χ0n) is 24.5. The lowest BCUT2D eigenvalue weighted by Gasteiger charge is -2.15. The molecule has 1 amide bonds. The first-order valence-electron chi connectivity index (χ1n) is 14.4. The van der Waals surface area contributed by atoms with Gasteiger partial charge in [-0.15, -0.1) is 0 Å². The molecule has 0 aliphatic heterocycles. The highest BCUT2D eigenvalue weighted by atomic mass is 35.5. The molecule has 46 heavy (non-hydrogen) atoms. The number of amides is 1. The molecule has 5 rings (SSSR count). The largest absolute Gasteiger partial charge is 0.516 e. The molecule has 0 bridgehead atoms. The van der Waals surface area contributed by atoms with E-state index in [2.05, 4.69) is 9.82 Å². The minimum absolute atomic E-state index is 0.00309. The molecule has 0 saturated heterocycles. The summed E-state index contributed by atoms with van der Waals surface area (Å²) in [6.45, 7) is 1.94. The van der Waals surface area contributed by atoms with Crippen LogP contribution < -0.4 is 9.44 Å². The maximum Gasteiger partial charge on any atom is 0.516 e. The number of hydrogen-bond donors (Lipinski definition) is 2. The minimum Gasteiger partial charge on any atom is -0.274 e. The number of para-hydroxylation sites is 1. The molecule has 1 aliphatic carbocycles. The van der Waals surface area contributed by atoms with Gasteiger partial charge in [-0.25, -0.2) is 17.8 Å². The van der Waals surface area contributed by atoms with Crippen LogP contribution in [0.4, 0.5) is 19.0 Å².